The molecular formula is C16H24N4O2. The summed E-state index contributed by atoms with van der Waals surface area (Å²) in [5, 5.41) is 4.15. The number of likely N-dealkylation sites (N-methyl/N-ethyl adjacent to an activating group) is 1. The number of amides is 1. The smallest absolute Gasteiger partial charge is 0.267 e. The molecule has 0 spiro atoms. The van der Waals surface area contributed by atoms with Gasteiger partial charge in [-0.05, 0) is 51.8 Å². The molecule has 6 nitrogen and oxygen atoms in total. The molecule has 0 aromatic carbocycles. The summed E-state index contributed by atoms with van der Waals surface area (Å²) in [6, 6.07) is 3.57. The summed E-state index contributed by atoms with van der Waals surface area (Å²) < 4.78 is 1.27. The fraction of sp³-hybridized carbons (Fsp3) is 0.688. The average Bonchev–Trinajstić information content (AvgIpc) is 3.21. The molecule has 1 amide bonds. The van der Waals surface area contributed by atoms with E-state index in [0.717, 1.165) is 24.7 Å². The van der Waals surface area contributed by atoms with E-state index in [1.807, 2.05) is 11.8 Å². The molecule has 0 unspecified atom stereocenters. The molecule has 0 bridgehead atoms. The van der Waals surface area contributed by atoms with Crippen molar-refractivity contribution in [2.75, 3.05) is 27.2 Å². The zero-order valence-corrected chi connectivity index (χ0v) is 13.5. The second-order valence-corrected chi connectivity index (χ2v) is 6.80. The number of hydrogen-bond donors (Lipinski definition) is 0. The van der Waals surface area contributed by atoms with Gasteiger partial charge in [0.15, 0.2) is 0 Å². The SMILES string of the molecule is Cc1ccc(=O)n(CC(=O)N2C[C@H](C3CC3)[C@@H](N(C)C)C2)n1. The first-order chi connectivity index (χ1) is 10.5. The third-order valence-electron chi connectivity index (χ3n) is 4.86. The fourth-order valence-corrected chi connectivity index (χ4v) is 3.44. The maximum Gasteiger partial charge on any atom is 0.267 e. The van der Waals surface area contributed by atoms with Crippen molar-refractivity contribution in [2.45, 2.75) is 32.4 Å². The van der Waals surface area contributed by atoms with E-state index in [1.54, 1.807) is 6.07 Å². The number of aryl methyl sites for hydroxylation is 1. The molecular weight excluding hydrogens is 280 g/mol. The number of carbonyl (C=O) groups is 1. The van der Waals surface area contributed by atoms with Crippen LogP contribution in [0.25, 0.3) is 0 Å². The highest BCUT2D eigenvalue weighted by Gasteiger charge is 2.44. The highest BCUT2D eigenvalue weighted by Crippen LogP contribution is 2.42. The van der Waals surface area contributed by atoms with Gasteiger partial charge >= 0.3 is 0 Å². The van der Waals surface area contributed by atoms with Gasteiger partial charge < -0.3 is 9.80 Å². The predicted molar refractivity (Wildman–Crippen MR) is 83.5 cm³/mol. The molecule has 22 heavy (non-hydrogen) atoms. The second kappa shape index (κ2) is 5.83. The number of aromatic nitrogens is 2. The Kier molecular flexibility index (Phi) is 4.04. The van der Waals surface area contributed by atoms with E-state index in [0.29, 0.717) is 12.0 Å². The van der Waals surface area contributed by atoms with Crippen molar-refractivity contribution >= 4 is 5.91 Å². The van der Waals surface area contributed by atoms with E-state index < -0.39 is 0 Å². The molecule has 120 valence electrons. The van der Waals surface area contributed by atoms with E-state index >= 15 is 0 Å². The van der Waals surface area contributed by atoms with Gasteiger partial charge in [-0.3, -0.25) is 9.59 Å². The number of carbonyl (C=O) groups excluding carboxylic acids is 1. The normalized spacial score (nSPS) is 25.0. The monoisotopic (exact) mass is 304 g/mol. The third-order valence-corrected chi connectivity index (χ3v) is 4.86. The minimum atomic E-state index is -0.221. The summed E-state index contributed by atoms with van der Waals surface area (Å²) in [5.74, 6) is 1.33. The summed E-state index contributed by atoms with van der Waals surface area (Å²) in [5.41, 5.74) is 0.525. The van der Waals surface area contributed by atoms with Crippen LogP contribution in [0.5, 0.6) is 0 Å². The zero-order chi connectivity index (χ0) is 15.9. The van der Waals surface area contributed by atoms with Crippen LogP contribution >= 0.6 is 0 Å². The lowest BCUT2D eigenvalue weighted by atomic mass is 9.97. The van der Waals surface area contributed by atoms with E-state index in [1.165, 1.54) is 23.6 Å². The highest BCUT2D eigenvalue weighted by atomic mass is 16.2. The number of nitrogens with zero attached hydrogens (tertiary/aromatic N) is 4. The lowest BCUT2D eigenvalue weighted by Crippen LogP contribution is -2.38. The van der Waals surface area contributed by atoms with Gasteiger partial charge in [0, 0.05) is 25.2 Å². The van der Waals surface area contributed by atoms with Gasteiger partial charge in [0.1, 0.15) is 6.54 Å². The van der Waals surface area contributed by atoms with Crippen LogP contribution in [0.1, 0.15) is 18.5 Å². The minimum Gasteiger partial charge on any atom is -0.339 e. The van der Waals surface area contributed by atoms with Crippen molar-refractivity contribution in [1.29, 1.82) is 0 Å². The Morgan fingerprint density at radius 2 is 2.05 bits per heavy atom. The Morgan fingerprint density at radius 1 is 1.32 bits per heavy atom. The van der Waals surface area contributed by atoms with Gasteiger partial charge in [-0.15, -0.1) is 0 Å². The van der Waals surface area contributed by atoms with Gasteiger partial charge in [0.05, 0.1) is 5.69 Å². The standard InChI is InChI=1S/C16H24N4O2/c1-11-4-7-15(21)20(17-11)10-16(22)19-8-13(12-5-6-12)14(9-19)18(2)3/h4,7,12-14H,5-6,8-10H2,1-3H3/t13-,14+/m1/s1. The summed E-state index contributed by atoms with van der Waals surface area (Å²) in [4.78, 5) is 28.5. The van der Waals surface area contributed by atoms with Crippen LogP contribution in [0.4, 0.5) is 0 Å². The summed E-state index contributed by atoms with van der Waals surface area (Å²) in [7, 11) is 4.17. The lowest BCUT2D eigenvalue weighted by molar-refractivity contribution is -0.131. The van der Waals surface area contributed by atoms with Crippen LogP contribution in [0.3, 0.4) is 0 Å². The first kappa shape index (κ1) is 15.2. The molecule has 1 aliphatic carbocycles. The quantitative estimate of drug-likeness (QED) is 0.805. The Hall–Kier alpha value is -1.69. The zero-order valence-electron chi connectivity index (χ0n) is 13.5. The molecule has 1 saturated heterocycles. The molecule has 1 saturated carbocycles. The molecule has 2 heterocycles. The molecule has 3 rings (SSSR count). The Balaban J connectivity index is 1.70. The summed E-state index contributed by atoms with van der Waals surface area (Å²) >= 11 is 0. The average molecular weight is 304 g/mol. The maximum absolute atomic E-state index is 12.5. The van der Waals surface area contributed by atoms with Crippen molar-refractivity contribution in [3.63, 3.8) is 0 Å². The molecule has 2 atom stereocenters. The molecule has 1 aromatic rings. The highest BCUT2D eigenvalue weighted by molar-refractivity contribution is 5.76. The van der Waals surface area contributed by atoms with Crippen molar-refractivity contribution in [3.05, 3.63) is 28.2 Å². The van der Waals surface area contributed by atoms with Crippen molar-refractivity contribution < 1.29 is 4.79 Å². The lowest BCUT2D eigenvalue weighted by Gasteiger charge is -2.24. The first-order valence-electron chi connectivity index (χ1n) is 7.94. The van der Waals surface area contributed by atoms with Crippen LogP contribution < -0.4 is 5.56 Å². The molecule has 2 fully saturated rings. The summed E-state index contributed by atoms with van der Waals surface area (Å²) in [6.07, 6.45) is 2.58. The van der Waals surface area contributed by atoms with Gasteiger partial charge in [-0.1, -0.05) is 0 Å². The fourth-order valence-electron chi connectivity index (χ4n) is 3.44. The van der Waals surface area contributed by atoms with E-state index in [9.17, 15) is 9.59 Å². The molecule has 0 radical (unpaired) electrons. The van der Waals surface area contributed by atoms with E-state index in [4.69, 9.17) is 0 Å². The van der Waals surface area contributed by atoms with E-state index in [2.05, 4.69) is 24.1 Å². The third kappa shape index (κ3) is 3.06. The Labute approximate surface area is 130 Å². The van der Waals surface area contributed by atoms with Crippen LogP contribution in [0.15, 0.2) is 16.9 Å². The van der Waals surface area contributed by atoms with Gasteiger partial charge in [0.2, 0.25) is 5.91 Å². The minimum absolute atomic E-state index is 0.00444. The van der Waals surface area contributed by atoms with Crippen molar-refractivity contribution in [1.82, 2.24) is 19.6 Å². The topological polar surface area (TPSA) is 58.4 Å². The Morgan fingerprint density at radius 3 is 2.68 bits per heavy atom. The van der Waals surface area contributed by atoms with E-state index in [-0.39, 0.29) is 18.0 Å². The maximum atomic E-state index is 12.5. The van der Waals surface area contributed by atoms with Gasteiger partial charge in [-0.2, -0.15) is 5.10 Å². The molecule has 6 heteroatoms. The van der Waals surface area contributed by atoms with Crippen LogP contribution in [0.2, 0.25) is 0 Å². The molecule has 2 aliphatic rings. The van der Waals surface area contributed by atoms with Crippen LogP contribution in [-0.2, 0) is 11.3 Å². The molecule has 1 aromatic heterocycles. The number of hydrogen-bond acceptors (Lipinski definition) is 4. The number of likely N-dealkylation sites (tertiary alicyclic amines) is 1. The van der Waals surface area contributed by atoms with Crippen LogP contribution in [-0.4, -0.2) is 58.7 Å². The van der Waals surface area contributed by atoms with Gasteiger partial charge in [0.25, 0.3) is 5.56 Å². The molecule has 1 aliphatic heterocycles. The predicted octanol–water partition coefficient (Wildman–Crippen LogP) is 0.350. The second-order valence-electron chi connectivity index (χ2n) is 6.80. The van der Waals surface area contributed by atoms with Crippen LogP contribution in [0, 0.1) is 18.8 Å². The first-order valence-corrected chi connectivity index (χ1v) is 7.94. The number of rotatable bonds is 4. The Bertz CT molecular complexity index is 611. The van der Waals surface area contributed by atoms with Crippen molar-refractivity contribution in [3.8, 4) is 0 Å². The molecule has 0 N–H and O–H groups in total. The van der Waals surface area contributed by atoms with Crippen molar-refractivity contribution in [2.24, 2.45) is 11.8 Å². The van der Waals surface area contributed by atoms with Gasteiger partial charge in [-0.25, -0.2) is 4.68 Å². The largest absolute Gasteiger partial charge is 0.339 e. The summed E-state index contributed by atoms with van der Waals surface area (Å²) in [6.45, 7) is 3.43.